The number of carbonyl (C=O) groups is 3. The van der Waals surface area contributed by atoms with Crippen LogP contribution in [0.4, 0.5) is 0 Å². The maximum absolute atomic E-state index is 11.6. The molecule has 0 N–H and O–H groups in total. The Morgan fingerprint density at radius 1 is 0.667 bits per heavy atom. The van der Waals surface area contributed by atoms with Gasteiger partial charge in [-0.3, -0.25) is 14.4 Å². The van der Waals surface area contributed by atoms with E-state index >= 15 is 0 Å². The third kappa shape index (κ3) is 9.21. The maximum atomic E-state index is 11.6. The van der Waals surface area contributed by atoms with Gasteiger partial charge in [-0.05, 0) is 55.7 Å². The minimum absolute atomic E-state index is 0.0567. The van der Waals surface area contributed by atoms with Crippen molar-refractivity contribution in [3.8, 4) is 0 Å². The third-order valence-corrected chi connectivity index (χ3v) is 4.35. The Balaban J connectivity index is 2.90. The van der Waals surface area contributed by atoms with E-state index in [0.29, 0.717) is 16.7 Å². The number of hydrogen-bond acceptors (Lipinski definition) is 6. The van der Waals surface area contributed by atoms with Gasteiger partial charge in [-0.15, -0.1) is 0 Å². The van der Waals surface area contributed by atoms with Crippen LogP contribution in [-0.2, 0) is 48.4 Å². The van der Waals surface area contributed by atoms with Crippen LogP contribution < -0.4 is 0 Å². The number of alkyl halides is 3. The number of benzene rings is 1. The summed E-state index contributed by atoms with van der Waals surface area (Å²) >= 11 is 9.46. The molecule has 0 amide bonds. The molecule has 0 radical (unpaired) electrons. The van der Waals surface area contributed by atoms with Gasteiger partial charge in [0.25, 0.3) is 0 Å². The molecular weight excluding hydrogens is 552 g/mol. The van der Waals surface area contributed by atoms with Gasteiger partial charge in [0.15, 0.2) is 0 Å². The van der Waals surface area contributed by atoms with Gasteiger partial charge in [0.2, 0.25) is 0 Å². The van der Waals surface area contributed by atoms with Gasteiger partial charge in [0.1, 0.15) is 34.3 Å². The summed E-state index contributed by atoms with van der Waals surface area (Å²) in [4.78, 5) is 33.7. The molecule has 0 bridgehead atoms. The van der Waals surface area contributed by atoms with E-state index in [2.05, 4.69) is 47.8 Å². The van der Waals surface area contributed by atoms with Crippen LogP contribution in [0.15, 0.2) is 18.2 Å². The Kier molecular flexibility index (Phi) is 10.5. The van der Waals surface area contributed by atoms with E-state index in [1.165, 1.54) is 0 Å². The topological polar surface area (TPSA) is 78.9 Å². The van der Waals surface area contributed by atoms with Gasteiger partial charge in [-0.25, -0.2) is 0 Å². The van der Waals surface area contributed by atoms with Crippen molar-refractivity contribution in [2.75, 3.05) is 0 Å². The highest BCUT2D eigenvalue weighted by Gasteiger charge is 2.14. The fourth-order valence-electron chi connectivity index (χ4n) is 1.90. The van der Waals surface area contributed by atoms with Crippen LogP contribution in [0.25, 0.3) is 0 Å². The molecule has 1 rings (SSSR count). The second-order valence-electron chi connectivity index (χ2n) is 5.83. The van der Waals surface area contributed by atoms with E-state index in [1.54, 1.807) is 39.0 Å². The van der Waals surface area contributed by atoms with Crippen molar-refractivity contribution in [3.05, 3.63) is 34.9 Å². The highest BCUT2D eigenvalue weighted by Crippen LogP contribution is 2.16. The van der Waals surface area contributed by atoms with E-state index in [1.807, 2.05) is 0 Å². The molecule has 0 fully saturated rings. The molecule has 3 atom stereocenters. The minimum Gasteiger partial charge on any atom is -0.460 e. The molecule has 0 aliphatic heterocycles. The first-order valence-electron chi connectivity index (χ1n) is 8.14. The van der Waals surface area contributed by atoms with Gasteiger partial charge < -0.3 is 14.2 Å². The number of carbonyl (C=O) groups excluding carboxylic acids is 3. The van der Waals surface area contributed by atoms with E-state index in [0.717, 1.165) is 0 Å². The highest BCUT2D eigenvalue weighted by molar-refractivity contribution is 9.10. The maximum Gasteiger partial charge on any atom is 0.319 e. The molecule has 0 heterocycles. The van der Waals surface area contributed by atoms with Crippen molar-refractivity contribution in [1.82, 2.24) is 0 Å². The number of rotatable bonds is 9. The van der Waals surface area contributed by atoms with Crippen LogP contribution in [0.1, 0.15) is 37.5 Å². The molecule has 150 valence electrons. The van der Waals surface area contributed by atoms with Crippen molar-refractivity contribution in [1.29, 1.82) is 0 Å². The van der Waals surface area contributed by atoms with Crippen LogP contribution in [-0.4, -0.2) is 32.4 Å². The number of esters is 3. The first-order valence-corrected chi connectivity index (χ1v) is 10.9. The normalized spacial score (nSPS) is 14.0. The fourth-order valence-corrected chi connectivity index (χ4v) is 2.29. The fraction of sp³-hybridized carbons (Fsp3) is 0.500. The zero-order valence-electron chi connectivity index (χ0n) is 15.2. The summed E-state index contributed by atoms with van der Waals surface area (Å²) in [5.74, 6) is -1.16. The summed E-state index contributed by atoms with van der Waals surface area (Å²) in [7, 11) is 0. The molecule has 27 heavy (non-hydrogen) atoms. The van der Waals surface area contributed by atoms with Gasteiger partial charge in [0, 0.05) is 0 Å². The largest absolute Gasteiger partial charge is 0.460 e. The van der Waals surface area contributed by atoms with Crippen molar-refractivity contribution in [3.63, 3.8) is 0 Å². The molecule has 0 aromatic heterocycles. The molecule has 1 aromatic rings. The smallest absolute Gasteiger partial charge is 0.319 e. The predicted molar refractivity (Wildman–Crippen MR) is 111 cm³/mol. The lowest BCUT2D eigenvalue weighted by molar-refractivity contribution is -0.144. The van der Waals surface area contributed by atoms with E-state index < -0.39 is 14.5 Å². The van der Waals surface area contributed by atoms with Crippen molar-refractivity contribution in [2.24, 2.45) is 0 Å². The second kappa shape index (κ2) is 11.8. The second-order valence-corrected chi connectivity index (χ2v) is 9.95. The van der Waals surface area contributed by atoms with Gasteiger partial charge in [0.05, 0.1) is 0 Å². The monoisotopic (exact) mass is 570 g/mol. The first-order chi connectivity index (χ1) is 12.6. The lowest BCUT2D eigenvalue weighted by Crippen LogP contribution is -2.16. The molecule has 0 spiro atoms. The molecule has 3 unspecified atom stereocenters. The Morgan fingerprint density at radius 2 is 0.889 bits per heavy atom. The summed E-state index contributed by atoms with van der Waals surface area (Å²) < 4.78 is 15.6. The molecule has 9 heteroatoms. The summed E-state index contributed by atoms with van der Waals surface area (Å²) in [6.07, 6.45) is 0. The van der Waals surface area contributed by atoms with Gasteiger partial charge in [-0.1, -0.05) is 47.8 Å². The number of halogens is 3. The SMILES string of the molecule is CC(Br)C(=O)OCc1cc(COC(=O)C(C)Br)cc(COC(=O)C(C)Br)c1. The quantitative estimate of drug-likeness (QED) is 0.251. The molecular formula is C18H21Br3O6. The van der Waals surface area contributed by atoms with Crippen molar-refractivity contribution >= 4 is 65.7 Å². The molecule has 6 nitrogen and oxygen atoms in total. The Hall–Kier alpha value is -0.930. The van der Waals surface area contributed by atoms with E-state index in [-0.39, 0.29) is 37.7 Å². The number of ether oxygens (including phenoxy) is 3. The summed E-state index contributed by atoms with van der Waals surface area (Å²) in [5, 5.41) is 0. The minimum atomic E-state index is -0.414. The standard InChI is InChI=1S/C18H21Br3O6/c1-10(19)16(22)25-7-13-4-14(8-26-17(23)11(2)20)6-15(5-13)9-27-18(24)12(3)21/h4-6,10-12H,7-9H2,1-3H3. The van der Waals surface area contributed by atoms with Gasteiger partial charge in [-0.2, -0.15) is 0 Å². The molecule has 0 aliphatic carbocycles. The molecule has 0 aliphatic rings. The summed E-state index contributed by atoms with van der Waals surface area (Å²) in [6.45, 7) is 5.19. The highest BCUT2D eigenvalue weighted by atomic mass is 79.9. The van der Waals surface area contributed by atoms with Gasteiger partial charge >= 0.3 is 17.9 Å². The zero-order valence-corrected chi connectivity index (χ0v) is 19.9. The summed E-state index contributed by atoms with van der Waals surface area (Å²) in [6, 6.07) is 5.32. The predicted octanol–water partition coefficient (Wildman–Crippen LogP) is 4.17. The Morgan fingerprint density at radius 3 is 1.07 bits per heavy atom. The van der Waals surface area contributed by atoms with Crippen LogP contribution in [0.5, 0.6) is 0 Å². The van der Waals surface area contributed by atoms with Crippen LogP contribution in [0, 0.1) is 0 Å². The molecule has 0 saturated heterocycles. The zero-order chi connectivity index (χ0) is 20.6. The first kappa shape index (κ1) is 24.1. The molecule has 0 saturated carbocycles. The molecule has 1 aromatic carbocycles. The van der Waals surface area contributed by atoms with Crippen molar-refractivity contribution < 1.29 is 28.6 Å². The van der Waals surface area contributed by atoms with E-state index in [4.69, 9.17) is 14.2 Å². The van der Waals surface area contributed by atoms with Crippen LogP contribution in [0.3, 0.4) is 0 Å². The summed E-state index contributed by atoms with van der Waals surface area (Å²) in [5.41, 5.74) is 2.11. The lowest BCUT2D eigenvalue weighted by atomic mass is 10.1. The van der Waals surface area contributed by atoms with Crippen LogP contribution in [0.2, 0.25) is 0 Å². The lowest BCUT2D eigenvalue weighted by Gasteiger charge is -2.13. The van der Waals surface area contributed by atoms with Crippen molar-refractivity contribution in [2.45, 2.75) is 55.1 Å². The van der Waals surface area contributed by atoms with Crippen LogP contribution >= 0.6 is 47.8 Å². The van der Waals surface area contributed by atoms with E-state index in [9.17, 15) is 14.4 Å². The Bertz CT molecular complexity index is 570. The Labute approximate surface area is 183 Å². The third-order valence-electron chi connectivity index (χ3n) is 3.23. The number of hydrogen-bond donors (Lipinski definition) is 0. The average molecular weight is 573 g/mol. The average Bonchev–Trinajstić information content (AvgIpc) is 2.61.